The lowest BCUT2D eigenvalue weighted by Gasteiger charge is -2.37. The first-order valence-electron chi connectivity index (χ1n) is 11.3. The number of aromatic nitrogens is 2. The lowest BCUT2D eigenvalue weighted by Crippen LogP contribution is -2.48. The SMILES string of the molecule is CCc1nc2ccccc2n1C1CCN(C2CCN(C3CCOCC3)C2=O)CC1. The summed E-state index contributed by atoms with van der Waals surface area (Å²) >= 11 is 0. The molecule has 0 N–H and O–H groups in total. The number of hydrogen-bond acceptors (Lipinski definition) is 4. The Labute approximate surface area is 172 Å². The number of aryl methyl sites for hydroxylation is 1. The van der Waals surface area contributed by atoms with Gasteiger partial charge >= 0.3 is 0 Å². The van der Waals surface area contributed by atoms with Crippen molar-refractivity contribution in [1.29, 1.82) is 0 Å². The van der Waals surface area contributed by atoms with Gasteiger partial charge in [0.2, 0.25) is 5.91 Å². The van der Waals surface area contributed by atoms with Gasteiger partial charge in [0.15, 0.2) is 0 Å². The Morgan fingerprint density at radius 1 is 1.00 bits per heavy atom. The minimum atomic E-state index is 0.0870. The van der Waals surface area contributed by atoms with Gasteiger partial charge in [-0.2, -0.15) is 0 Å². The Morgan fingerprint density at radius 3 is 2.52 bits per heavy atom. The second-order valence-corrected chi connectivity index (χ2v) is 8.69. The van der Waals surface area contributed by atoms with Crippen LogP contribution in [-0.4, -0.2) is 70.2 Å². The van der Waals surface area contributed by atoms with Gasteiger partial charge in [-0.05, 0) is 44.2 Å². The molecule has 1 atom stereocenters. The van der Waals surface area contributed by atoms with Gasteiger partial charge in [-0.15, -0.1) is 0 Å². The number of carbonyl (C=O) groups excluding carboxylic acids is 1. The zero-order valence-electron chi connectivity index (χ0n) is 17.4. The second kappa shape index (κ2) is 8.07. The van der Waals surface area contributed by atoms with Crippen molar-refractivity contribution in [3.63, 3.8) is 0 Å². The van der Waals surface area contributed by atoms with Crippen molar-refractivity contribution < 1.29 is 9.53 Å². The number of piperidine rings is 1. The highest BCUT2D eigenvalue weighted by atomic mass is 16.5. The summed E-state index contributed by atoms with van der Waals surface area (Å²) in [6.07, 6.45) is 6.11. The van der Waals surface area contributed by atoms with Crippen LogP contribution in [0.4, 0.5) is 0 Å². The first-order chi connectivity index (χ1) is 14.3. The summed E-state index contributed by atoms with van der Waals surface area (Å²) in [6.45, 7) is 6.69. The maximum atomic E-state index is 13.1. The summed E-state index contributed by atoms with van der Waals surface area (Å²) in [6, 6.07) is 9.45. The number of imidazole rings is 1. The lowest BCUT2D eigenvalue weighted by molar-refractivity contribution is -0.136. The minimum Gasteiger partial charge on any atom is -0.381 e. The first kappa shape index (κ1) is 19.1. The summed E-state index contributed by atoms with van der Waals surface area (Å²) in [5.41, 5.74) is 2.36. The number of nitrogens with zero attached hydrogens (tertiary/aromatic N) is 4. The maximum Gasteiger partial charge on any atom is 0.240 e. The molecular weight excluding hydrogens is 364 g/mol. The second-order valence-electron chi connectivity index (χ2n) is 8.69. The Hall–Kier alpha value is -1.92. The summed E-state index contributed by atoms with van der Waals surface area (Å²) in [5.74, 6) is 1.55. The van der Waals surface area contributed by atoms with Gasteiger partial charge in [0.25, 0.3) is 0 Å². The van der Waals surface area contributed by atoms with E-state index in [0.717, 1.165) is 76.9 Å². The highest BCUT2D eigenvalue weighted by Gasteiger charge is 2.40. The zero-order valence-corrected chi connectivity index (χ0v) is 17.4. The quantitative estimate of drug-likeness (QED) is 0.797. The number of fused-ring (bicyclic) bond motifs is 1. The molecule has 0 spiro atoms. The number of rotatable bonds is 4. The van der Waals surface area contributed by atoms with Crippen LogP contribution in [0.25, 0.3) is 11.0 Å². The van der Waals surface area contributed by atoms with Crippen molar-refractivity contribution in [3.8, 4) is 0 Å². The molecule has 2 aromatic rings. The third-order valence-electron chi connectivity index (χ3n) is 7.13. The molecule has 3 aliphatic heterocycles. The van der Waals surface area contributed by atoms with E-state index in [4.69, 9.17) is 9.72 Å². The van der Waals surface area contributed by atoms with Crippen LogP contribution in [-0.2, 0) is 16.0 Å². The summed E-state index contributed by atoms with van der Waals surface area (Å²) in [5, 5.41) is 0. The Morgan fingerprint density at radius 2 is 1.76 bits per heavy atom. The Balaban J connectivity index is 1.26. The smallest absolute Gasteiger partial charge is 0.240 e. The van der Waals surface area contributed by atoms with Crippen LogP contribution in [0.2, 0.25) is 0 Å². The van der Waals surface area contributed by atoms with Crippen LogP contribution in [0, 0.1) is 0 Å². The molecule has 5 rings (SSSR count). The minimum absolute atomic E-state index is 0.0870. The normalized spacial score (nSPS) is 25.3. The molecule has 4 heterocycles. The van der Waals surface area contributed by atoms with Crippen molar-refractivity contribution in [2.75, 3.05) is 32.8 Å². The highest BCUT2D eigenvalue weighted by Crippen LogP contribution is 2.32. The van der Waals surface area contributed by atoms with Crippen LogP contribution >= 0.6 is 0 Å². The van der Waals surface area contributed by atoms with Crippen LogP contribution in [0.5, 0.6) is 0 Å². The first-order valence-corrected chi connectivity index (χ1v) is 11.3. The van der Waals surface area contributed by atoms with Gasteiger partial charge in [0.05, 0.1) is 17.1 Å². The highest BCUT2D eigenvalue weighted by molar-refractivity contribution is 5.84. The van der Waals surface area contributed by atoms with E-state index < -0.39 is 0 Å². The Bertz CT molecular complexity index is 865. The molecule has 29 heavy (non-hydrogen) atoms. The molecule has 0 aliphatic carbocycles. The van der Waals surface area contributed by atoms with Gasteiger partial charge < -0.3 is 14.2 Å². The maximum absolute atomic E-state index is 13.1. The number of para-hydroxylation sites is 2. The van der Waals surface area contributed by atoms with E-state index in [0.29, 0.717) is 18.0 Å². The number of hydrogen-bond donors (Lipinski definition) is 0. The monoisotopic (exact) mass is 396 g/mol. The van der Waals surface area contributed by atoms with E-state index >= 15 is 0 Å². The molecule has 3 saturated heterocycles. The number of likely N-dealkylation sites (tertiary alicyclic amines) is 2. The van der Waals surface area contributed by atoms with Crippen LogP contribution in [0.15, 0.2) is 24.3 Å². The number of carbonyl (C=O) groups is 1. The van der Waals surface area contributed by atoms with Crippen molar-refractivity contribution in [1.82, 2.24) is 19.4 Å². The number of benzene rings is 1. The van der Waals surface area contributed by atoms with E-state index in [2.05, 4.69) is 45.6 Å². The molecule has 0 radical (unpaired) electrons. The molecule has 1 aromatic carbocycles. The van der Waals surface area contributed by atoms with E-state index in [1.54, 1.807) is 0 Å². The van der Waals surface area contributed by atoms with E-state index in [-0.39, 0.29) is 6.04 Å². The predicted molar refractivity (Wildman–Crippen MR) is 113 cm³/mol. The molecule has 6 nitrogen and oxygen atoms in total. The Kier molecular flexibility index (Phi) is 5.31. The van der Waals surface area contributed by atoms with Crippen LogP contribution < -0.4 is 0 Å². The molecule has 1 unspecified atom stereocenters. The predicted octanol–water partition coefficient (Wildman–Crippen LogP) is 3.02. The average Bonchev–Trinajstić information content (AvgIpc) is 3.35. The van der Waals surface area contributed by atoms with Crippen molar-refractivity contribution in [2.45, 2.75) is 63.6 Å². The average molecular weight is 397 g/mol. The topological polar surface area (TPSA) is 50.6 Å². The standard InChI is InChI=1S/C23H32N4O2/c1-2-22-24-19-5-3-4-6-20(19)27(22)18-7-12-25(13-8-18)21-9-14-26(23(21)28)17-10-15-29-16-11-17/h3-6,17-18,21H,2,7-16H2,1H3. The molecule has 1 aromatic heterocycles. The van der Waals surface area contributed by atoms with E-state index in [9.17, 15) is 4.79 Å². The van der Waals surface area contributed by atoms with Gasteiger partial charge in [0.1, 0.15) is 5.82 Å². The molecule has 1 amide bonds. The summed E-state index contributed by atoms with van der Waals surface area (Å²) < 4.78 is 7.95. The molecule has 156 valence electrons. The summed E-state index contributed by atoms with van der Waals surface area (Å²) in [7, 11) is 0. The molecule has 0 saturated carbocycles. The molecule has 6 heteroatoms. The van der Waals surface area contributed by atoms with Gasteiger partial charge in [-0.1, -0.05) is 19.1 Å². The molecular formula is C23H32N4O2. The van der Waals surface area contributed by atoms with E-state index in [1.807, 2.05) is 0 Å². The van der Waals surface area contributed by atoms with Gasteiger partial charge in [0, 0.05) is 51.4 Å². The van der Waals surface area contributed by atoms with Crippen molar-refractivity contribution in [3.05, 3.63) is 30.1 Å². The third-order valence-corrected chi connectivity index (χ3v) is 7.13. The fourth-order valence-electron chi connectivity index (χ4n) is 5.59. The van der Waals surface area contributed by atoms with Crippen molar-refractivity contribution in [2.24, 2.45) is 0 Å². The molecule has 3 fully saturated rings. The van der Waals surface area contributed by atoms with Gasteiger partial charge in [-0.3, -0.25) is 9.69 Å². The molecule has 3 aliphatic rings. The van der Waals surface area contributed by atoms with Gasteiger partial charge in [-0.25, -0.2) is 4.98 Å². The fourth-order valence-corrected chi connectivity index (χ4v) is 5.59. The van der Waals surface area contributed by atoms with E-state index in [1.165, 1.54) is 11.3 Å². The zero-order chi connectivity index (χ0) is 19.8. The fraction of sp³-hybridized carbons (Fsp3) is 0.652. The third kappa shape index (κ3) is 3.46. The molecule has 0 bridgehead atoms. The number of ether oxygens (including phenoxy) is 1. The van der Waals surface area contributed by atoms with Crippen LogP contribution in [0.3, 0.4) is 0 Å². The largest absolute Gasteiger partial charge is 0.381 e. The van der Waals surface area contributed by atoms with Crippen LogP contribution in [0.1, 0.15) is 50.9 Å². The lowest BCUT2D eigenvalue weighted by atomic mass is 10.0. The number of amides is 1. The van der Waals surface area contributed by atoms with Crippen molar-refractivity contribution >= 4 is 16.9 Å². The summed E-state index contributed by atoms with van der Waals surface area (Å²) in [4.78, 5) is 22.6.